The van der Waals surface area contributed by atoms with Gasteiger partial charge in [0.25, 0.3) is 5.56 Å². The third-order valence-electron chi connectivity index (χ3n) is 7.50. The van der Waals surface area contributed by atoms with Crippen LogP contribution < -0.4 is 33.8 Å². The van der Waals surface area contributed by atoms with Crippen LogP contribution >= 0.6 is 38.9 Å². The molecule has 0 spiro atoms. The molecule has 0 saturated carbocycles. The zero-order valence-electron chi connectivity index (χ0n) is 26.6. The molecule has 5 rings (SSSR count). The Morgan fingerprint density at radius 3 is 2.49 bits per heavy atom. The van der Waals surface area contributed by atoms with Gasteiger partial charge in [0.2, 0.25) is 0 Å². The van der Waals surface area contributed by atoms with Gasteiger partial charge in [0.05, 0.1) is 48.2 Å². The molecule has 0 N–H and O–H groups in total. The predicted molar refractivity (Wildman–Crippen MR) is 186 cm³/mol. The molecule has 0 saturated heterocycles. The van der Waals surface area contributed by atoms with E-state index in [1.54, 1.807) is 64.7 Å². The maximum atomic E-state index is 14.3. The van der Waals surface area contributed by atoms with Crippen molar-refractivity contribution < 1.29 is 28.5 Å². The highest BCUT2D eigenvalue weighted by atomic mass is 79.9. The first-order valence-corrected chi connectivity index (χ1v) is 16.9. The van der Waals surface area contributed by atoms with Gasteiger partial charge in [-0.05, 0) is 77.3 Å². The molecule has 1 aromatic heterocycles. The first-order valence-electron chi connectivity index (χ1n) is 14.9. The van der Waals surface area contributed by atoms with Crippen LogP contribution in [0.4, 0.5) is 0 Å². The molecule has 1 aliphatic heterocycles. The number of nitrogens with zero attached hydrogens (tertiary/aromatic N) is 2. The number of esters is 1. The Morgan fingerprint density at radius 1 is 1.04 bits per heavy atom. The number of fused-ring (bicyclic) bond motifs is 1. The fourth-order valence-corrected chi connectivity index (χ4v) is 7.13. The number of aromatic nitrogens is 1. The van der Waals surface area contributed by atoms with Gasteiger partial charge in [0.15, 0.2) is 16.3 Å². The van der Waals surface area contributed by atoms with E-state index in [-0.39, 0.29) is 18.8 Å². The van der Waals surface area contributed by atoms with Gasteiger partial charge < -0.3 is 23.7 Å². The second-order valence-electron chi connectivity index (χ2n) is 10.4. The van der Waals surface area contributed by atoms with Crippen LogP contribution in [-0.2, 0) is 16.1 Å². The van der Waals surface area contributed by atoms with Gasteiger partial charge in [0.1, 0.15) is 24.1 Å². The summed E-state index contributed by atoms with van der Waals surface area (Å²) in [5, 5.41) is 0.604. The molecule has 0 fully saturated rings. The van der Waals surface area contributed by atoms with Crippen LogP contribution in [0.25, 0.3) is 6.08 Å². The maximum Gasteiger partial charge on any atom is 0.338 e. The third-order valence-corrected chi connectivity index (χ3v) is 9.44. The van der Waals surface area contributed by atoms with Crippen molar-refractivity contribution >= 4 is 50.9 Å². The summed E-state index contributed by atoms with van der Waals surface area (Å²) in [5.41, 5.74) is 2.64. The lowest BCUT2D eigenvalue weighted by Gasteiger charge is -2.27. The van der Waals surface area contributed by atoms with E-state index in [1.807, 2.05) is 31.2 Å². The molecular formula is C35H34BrClN2O7S. The van der Waals surface area contributed by atoms with Gasteiger partial charge in [-0.3, -0.25) is 9.36 Å². The van der Waals surface area contributed by atoms with Gasteiger partial charge >= 0.3 is 5.97 Å². The van der Waals surface area contributed by atoms with Crippen molar-refractivity contribution in [1.82, 2.24) is 4.57 Å². The van der Waals surface area contributed by atoms with Crippen LogP contribution in [0, 0.1) is 0 Å². The zero-order valence-corrected chi connectivity index (χ0v) is 29.8. The molecule has 0 unspecified atom stereocenters. The lowest BCUT2D eigenvalue weighted by atomic mass is 9.93. The van der Waals surface area contributed by atoms with Gasteiger partial charge in [-0.1, -0.05) is 54.5 Å². The van der Waals surface area contributed by atoms with E-state index in [9.17, 15) is 9.59 Å². The number of hydrogen-bond donors (Lipinski definition) is 0. The number of benzene rings is 3. The summed E-state index contributed by atoms with van der Waals surface area (Å²) >= 11 is 11.2. The first kappa shape index (κ1) is 34.3. The molecule has 9 nitrogen and oxygen atoms in total. The van der Waals surface area contributed by atoms with E-state index < -0.39 is 12.0 Å². The first-order chi connectivity index (χ1) is 22.7. The third kappa shape index (κ3) is 7.12. The molecule has 47 heavy (non-hydrogen) atoms. The number of thiazole rings is 1. The normalized spacial score (nSPS) is 14.4. The van der Waals surface area contributed by atoms with Gasteiger partial charge in [-0.2, -0.15) is 0 Å². The second kappa shape index (κ2) is 15.2. The second-order valence-corrected chi connectivity index (χ2v) is 12.7. The Bertz CT molecular complexity index is 2020. The van der Waals surface area contributed by atoms with Crippen LogP contribution in [0.2, 0.25) is 5.02 Å². The summed E-state index contributed by atoms with van der Waals surface area (Å²) in [5.74, 6) is 1.48. The smallest absolute Gasteiger partial charge is 0.338 e. The van der Waals surface area contributed by atoms with Crippen LogP contribution in [0.15, 0.2) is 80.1 Å². The Balaban J connectivity index is 1.66. The number of methoxy groups -OCH3 is 3. The molecule has 1 aliphatic rings. The monoisotopic (exact) mass is 740 g/mol. The Kier molecular flexibility index (Phi) is 11.1. The lowest BCUT2D eigenvalue weighted by Crippen LogP contribution is -2.40. The van der Waals surface area contributed by atoms with Crippen molar-refractivity contribution in [3.63, 3.8) is 0 Å². The quantitative estimate of drug-likeness (QED) is 0.151. The van der Waals surface area contributed by atoms with E-state index in [0.717, 1.165) is 12.0 Å². The van der Waals surface area contributed by atoms with Crippen LogP contribution in [0.3, 0.4) is 0 Å². The topological polar surface area (TPSA) is 97.6 Å². The van der Waals surface area contributed by atoms with Gasteiger partial charge in [-0.25, -0.2) is 9.79 Å². The minimum Gasteiger partial charge on any atom is -0.497 e. The lowest BCUT2D eigenvalue weighted by molar-refractivity contribution is -0.139. The molecule has 1 atom stereocenters. The predicted octanol–water partition coefficient (Wildman–Crippen LogP) is 6.60. The molecule has 0 bridgehead atoms. The summed E-state index contributed by atoms with van der Waals surface area (Å²) in [6, 6.07) is 15.5. The summed E-state index contributed by atoms with van der Waals surface area (Å²) in [6.45, 7) is 4.16. The van der Waals surface area contributed by atoms with Gasteiger partial charge in [0, 0.05) is 16.1 Å². The summed E-state index contributed by atoms with van der Waals surface area (Å²) in [6.07, 6.45) is 3.02. The molecule has 0 amide bonds. The number of rotatable bonds is 12. The molecule has 4 aromatic rings. The van der Waals surface area contributed by atoms with Crippen LogP contribution in [-0.4, -0.2) is 38.5 Å². The highest BCUT2D eigenvalue weighted by molar-refractivity contribution is 9.10. The minimum absolute atomic E-state index is 0.170. The molecule has 0 aliphatic carbocycles. The van der Waals surface area contributed by atoms with Crippen molar-refractivity contribution in [3.05, 3.63) is 112 Å². The van der Waals surface area contributed by atoms with Crippen LogP contribution in [0.5, 0.6) is 23.0 Å². The van der Waals surface area contributed by atoms with Gasteiger partial charge in [-0.15, -0.1) is 0 Å². The van der Waals surface area contributed by atoms with Crippen molar-refractivity contribution in [1.29, 1.82) is 0 Å². The highest BCUT2D eigenvalue weighted by Crippen LogP contribution is 2.40. The van der Waals surface area contributed by atoms with E-state index >= 15 is 0 Å². The van der Waals surface area contributed by atoms with E-state index in [4.69, 9.17) is 40.3 Å². The molecule has 2 heterocycles. The highest BCUT2D eigenvalue weighted by Gasteiger charge is 2.36. The zero-order chi connectivity index (χ0) is 33.7. The van der Waals surface area contributed by atoms with Crippen LogP contribution in [0.1, 0.15) is 49.4 Å². The number of ether oxygens (including phenoxy) is 5. The Labute approximate surface area is 289 Å². The standard InChI is InChI=1S/C35H34BrClN2O7S/c1-6-10-26-30(34(41)45-7-2)31(23-18-22(42-3)13-14-27(23)43-4)39-33(40)29(47-35(39)38-26)17-20-15-24(36)32(28(16-20)44-5)46-19-21-11-8-9-12-25(21)37/h8-9,11-18,31H,6-7,10,19H2,1-5H3/b29-17-/t31-/m1/s1. The molecular weight excluding hydrogens is 708 g/mol. The van der Waals surface area contributed by atoms with E-state index in [0.29, 0.717) is 70.6 Å². The summed E-state index contributed by atoms with van der Waals surface area (Å²) < 4.78 is 31.1. The van der Waals surface area contributed by atoms with E-state index in [1.165, 1.54) is 15.9 Å². The SMILES string of the molecule is CCCC1=C(C(=O)OCC)[C@@H](c2cc(OC)ccc2OC)n2c(s/c(=C\c3cc(Br)c(OCc4ccccc4Cl)c(OC)c3)c2=O)=N1. The Hall–Kier alpha value is -4.06. The number of carbonyl (C=O) groups is 1. The number of carbonyl (C=O) groups excluding carboxylic acids is 1. The Morgan fingerprint density at radius 2 is 1.81 bits per heavy atom. The van der Waals surface area contributed by atoms with Crippen molar-refractivity contribution in [2.24, 2.45) is 4.99 Å². The fraction of sp³-hybridized carbons (Fsp3) is 0.286. The summed E-state index contributed by atoms with van der Waals surface area (Å²) in [4.78, 5) is 33.2. The average molecular weight is 742 g/mol. The molecule has 3 aromatic carbocycles. The summed E-state index contributed by atoms with van der Waals surface area (Å²) in [7, 11) is 4.65. The number of hydrogen-bond acceptors (Lipinski definition) is 9. The van der Waals surface area contributed by atoms with Crippen molar-refractivity contribution in [2.75, 3.05) is 27.9 Å². The number of allylic oxidation sites excluding steroid dienone is 1. The van der Waals surface area contributed by atoms with Crippen molar-refractivity contribution in [3.8, 4) is 23.0 Å². The average Bonchev–Trinajstić information content (AvgIpc) is 3.37. The molecule has 246 valence electrons. The van der Waals surface area contributed by atoms with E-state index in [2.05, 4.69) is 15.9 Å². The fourth-order valence-electron chi connectivity index (χ4n) is 5.35. The maximum absolute atomic E-state index is 14.3. The van der Waals surface area contributed by atoms with Crippen molar-refractivity contribution in [2.45, 2.75) is 39.3 Å². The largest absolute Gasteiger partial charge is 0.497 e. The molecule has 12 heteroatoms. The molecule has 0 radical (unpaired) electrons. The minimum atomic E-state index is -0.860. The number of halogens is 2.